The Hall–Kier alpha value is -3.04. The Morgan fingerprint density at radius 2 is 1.90 bits per heavy atom. The van der Waals surface area contributed by atoms with Crippen molar-refractivity contribution in [2.24, 2.45) is 0 Å². The minimum Gasteiger partial charge on any atom is -0.347 e. The lowest BCUT2D eigenvalue weighted by atomic mass is 10.2. The third kappa shape index (κ3) is 4.92. The number of nitrogens with one attached hydrogen (secondary N) is 1. The maximum atomic E-state index is 13.0. The molecule has 2 aromatic heterocycles. The Balaban J connectivity index is 1.44. The zero-order chi connectivity index (χ0) is 20.9. The lowest BCUT2D eigenvalue weighted by Gasteiger charge is -2.15. The number of thiazole rings is 1. The molecule has 1 N–H and O–H groups in total. The second-order valence-corrected chi connectivity index (χ2v) is 8.45. The Morgan fingerprint density at radius 1 is 1.13 bits per heavy atom. The first-order valence-electron chi connectivity index (χ1n) is 9.13. The van der Waals surface area contributed by atoms with Gasteiger partial charge in [-0.15, -0.1) is 0 Å². The number of carbonyl (C=O) groups is 1. The zero-order valence-electron chi connectivity index (χ0n) is 16.1. The van der Waals surface area contributed by atoms with E-state index in [1.807, 2.05) is 25.2 Å². The minimum atomic E-state index is -0.344. The normalized spacial score (nSPS) is 10.9. The number of anilines is 2. The fourth-order valence-corrected chi connectivity index (χ4v) is 4.63. The molecular formula is C21H18FN5OS2. The molecule has 152 valence electrons. The van der Waals surface area contributed by atoms with Crippen molar-refractivity contribution in [3.05, 3.63) is 72.3 Å². The molecule has 2 aromatic carbocycles. The fourth-order valence-electron chi connectivity index (χ4n) is 2.78. The SMILES string of the molecule is CN(Cc1ccccc1)c1nc2ncnc(SCC(=O)Nc3ccc(F)cc3)c2s1. The van der Waals surface area contributed by atoms with Crippen LogP contribution in [0.4, 0.5) is 15.2 Å². The van der Waals surface area contributed by atoms with Gasteiger partial charge in [0.15, 0.2) is 10.8 Å². The average molecular weight is 440 g/mol. The number of hydrogen-bond acceptors (Lipinski definition) is 7. The first-order valence-corrected chi connectivity index (χ1v) is 10.9. The largest absolute Gasteiger partial charge is 0.347 e. The molecule has 0 fully saturated rings. The molecule has 9 heteroatoms. The van der Waals surface area contributed by atoms with Crippen molar-refractivity contribution >= 4 is 50.2 Å². The molecule has 4 rings (SSSR count). The van der Waals surface area contributed by atoms with Crippen LogP contribution in [0.5, 0.6) is 0 Å². The van der Waals surface area contributed by atoms with Crippen LogP contribution in [0.15, 0.2) is 66.0 Å². The summed E-state index contributed by atoms with van der Waals surface area (Å²) in [6.45, 7) is 0.733. The van der Waals surface area contributed by atoms with E-state index in [4.69, 9.17) is 0 Å². The molecule has 0 saturated heterocycles. The molecule has 0 spiro atoms. The number of hydrogen-bond donors (Lipinski definition) is 1. The van der Waals surface area contributed by atoms with Crippen molar-refractivity contribution in [1.82, 2.24) is 15.0 Å². The number of amides is 1. The number of benzene rings is 2. The van der Waals surface area contributed by atoms with Gasteiger partial charge in [0.2, 0.25) is 5.91 Å². The van der Waals surface area contributed by atoms with Crippen LogP contribution in [-0.4, -0.2) is 33.7 Å². The molecule has 0 aliphatic heterocycles. The number of aromatic nitrogens is 3. The van der Waals surface area contributed by atoms with E-state index in [0.29, 0.717) is 16.4 Å². The predicted molar refractivity (Wildman–Crippen MR) is 120 cm³/mol. The lowest BCUT2D eigenvalue weighted by molar-refractivity contribution is -0.113. The smallest absolute Gasteiger partial charge is 0.234 e. The number of carbonyl (C=O) groups excluding carboxylic acids is 1. The number of nitrogens with zero attached hydrogens (tertiary/aromatic N) is 4. The molecule has 1 amide bonds. The van der Waals surface area contributed by atoms with Crippen molar-refractivity contribution < 1.29 is 9.18 Å². The van der Waals surface area contributed by atoms with Gasteiger partial charge in [-0.25, -0.2) is 14.4 Å². The van der Waals surface area contributed by atoms with Gasteiger partial charge in [-0.2, -0.15) is 4.98 Å². The summed E-state index contributed by atoms with van der Waals surface area (Å²) in [5.41, 5.74) is 2.36. The van der Waals surface area contributed by atoms with E-state index >= 15 is 0 Å². The van der Waals surface area contributed by atoms with Crippen molar-refractivity contribution in [2.75, 3.05) is 23.0 Å². The second-order valence-electron chi connectivity index (χ2n) is 6.51. The molecule has 4 aromatic rings. The first-order chi connectivity index (χ1) is 14.6. The van der Waals surface area contributed by atoms with Gasteiger partial charge in [-0.3, -0.25) is 4.79 Å². The molecule has 0 radical (unpaired) electrons. The van der Waals surface area contributed by atoms with Crippen molar-refractivity contribution in [3.63, 3.8) is 0 Å². The molecule has 0 unspecified atom stereocenters. The third-order valence-corrected chi connectivity index (χ3v) is 6.49. The molecule has 30 heavy (non-hydrogen) atoms. The summed E-state index contributed by atoms with van der Waals surface area (Å²) >= 11 is 2.83. The maximum Gasteiger partial charge on any atom is 0.234 e. The van der Waals surface area contributed by atoms with Gasteiger partial charge in [0.25, 0.3) is 0 Å². The van der Waals surface area contributed by atoms with Crippen LogP contribution in [0.3, 0.4) is 0 Å². The van der Waals surface area contributed by atoms with E-state index in [1.165, 1.54) is 59.3 Å². The van der Waals surface area contributed by atoms with Gasteiger partial charge in [0.05, 0.1) is 5.75 Å². The Labute approximate surface area is 181 Å². The Kier molecular flexibility index (Phi) is 6.20. The number of rotatable bonds is 7. The number of halogens is 1. The highest BCUT2D eigenvalue weighted by molar-refractivity contribution is 8.00. The molecule has 0 bridgehead atoms. The van der Waals surface area contributed by atoms with E-state index in [-0.39, 0.29) is 17.5 Å². The van der Waals surface area contributed by atoms with Gasteiger partial charge in [0.1, 0.15) is 21.9 Å². The quantitative estimate of drug-likeness (QED) is 0.335. The zero-order valence-corrected chi connectivity index (χ0v) is 17.7. The topological polar surface area (TPSA) is 71.0 Å². The molecule has 0 saturated carbocycles. The van der Waals surface area contributed by atoms with Gasteiger partial charge >= 0.3 is 0 Å². The highest BCUT2D eigenvalue weighted by atomic mass is 32.2. The van der Waals surface area contributed by atoms with Crippen LogP contribution in [-0.2, 0) is 11.3 Å². The summed E-state index contributed by atoms with van der Waals surface area (Å²) < 4.78 is 13.8. The summed E-state index contributed by atoms with van der Waals surface area (Å²) in [7, 11) is 1.99. The monoisotopic (exact) mass is 439 g/mol. The minimum absolute atomic E-state index is 0.177. The standard InChI is InChI=1S/C21H18FN5OS2/c1-27(11-14-5-3-2-4-6-14)21-26-19-18(30-21)20(24-13-23-19)29-12-17(28)25-16-9-7-15(22)8-10-16/h2-10,13H,11-12H2,1H3,(H,25,28). The highest BCUT2D eigenvalue weighted by Gasteiger charge is 2.15. The van der Waals surface area contributed by atoms with Crippen LogP contribution >= 0.6 is 23.1 Å². The molecular weight excluding hydrogens is 421 g/mol. The van der Waals surface area contributed by atoms with Gasteiger partial charge in [0, 0.05) is 19.3 Å². The average Bonchev–Trinajstić information content (AvgIpc) is 3.20. The third-order valence-electron chi connectivity index (χ3n) is 4.20. The number of thioether (sulfide) groups is 1. The van der Waals surface area contributed by atoms with Gasteiger partial charge in [-0.05, 0) is 29.8 Å². The molecule has 6 nitrogen and oxygen atoms in total. The molecule has 2 heterocycles. The molecule has 0 atom stereocenters. The van der Waals surface area contributed by atoms with Crippen LogP contribution in [0.1, 0.15) is 5.56 Å². The summed E-state index contributed by atoms with van der Waals surface area (Å²) in [4.78, 5) is 27.5. The molecule has 0 aliphatic rings. The maximum absolute atomic E-state index is 13.0. The first kappa shape index (κ1) is 20.2. The van der Waals surface area contributed by atoms with E-state index in [9.17, 15) is 9.18 Å². The van der Waals surface area contributed by atoms with E-state index in [2.05, 4.69) is 37.3 Å². The summed E-state index contributed by atoms with van der Waals surface area (Å²) in [5.74, 6) is -0.357. The van der Waals surface area contributed by atoms with Crippen LogP contribution in [0, 0.1) is 5.82 Å². The lowest BCUT2D eigenvalue weighted by Crippen LogP contribution is -2.15. The number of fused-ring (bicyclic) bond motifs is 1. The van der Waals surface area contributed by atoms with E-state index < -0.39 is 0 Å². The summed E-state index contributed by atoms with van der Waals surface area (Å²) in [5, 5.41) is 4.30. The molecule has 0 aliphatic carbocycles. The van der Waals surface area contributed by atoms with Crippen molar-refractivity contribution in [3.8, 4) is 0 Å². The Morgan fingerprint density at radius 3 is 2.67 bits per heavy atom. The van der Waals surface area contributed by atoms with Crippen molar-refractivity contribution in [2.45, 2.75) is 11.6 Å². The Bertz CT molecular complexity index is 1150. The van der Waals surface area contributed by atoms with Gasteiger partial charge in [-0.1, -0.05) is 53.4 Å². The van der Waals surface area contributed by atoms with E-state index in [0.717, 1.165) is 16.4 Å². The van der Waals surface area contributed by atoms with E-state index in [1.54, 1.807) is 0 Å². The van der Waals surface area contributed by atoms with Gasteiger partial charge < -0.3 is 10.2 Å². The van der Waals surface area contributed by atoms with Crippen molar-refractivity contribution in [1.29, 1.82) is 0 Å². The summed E-state index contributed by atoms with van der Waals surface area (Å²) in [6.07, 6.45) is 1.46. The predicted octanol–water partition coefficient (Wildman–Crippen LogP) is 4.59. The highest BCUT2D eigenvalue weighted by Crippen LogP contribution is 2.33. The van der Waals surface area contributed by atoms with Crippen LogP contribution in [0.25, 0.3) is 10.3 Å². The summed E-state index contributed by atoms with van der Waals surface area (Å²) in [6, 6.07) is 15.8. The van der Waals surface area contributed by atoms with Crippen LogP contribution < -0.4 is 10.2 Å². The second kappa shape index (κ2) is 9.19. The van der Waals surface area contributed by atoms with Crippen LogP contribution in [0.2, 0.25) is 0 Å². The fraction of sp³-hybridized carbons (Fsp3) is 0.143.